The number of hydrogen-bond donors (Lipinski definition) is 0. The van der Waals surface area contributed by atoms with Crippen LogP contribution in [-0.2, 0) is 4.74 Å². The molecule has 1 aliphatic rings. The van der Waals surface area contributed by atoms with Gasteiger partial charge in [-0.25, -0.2) is 4.79 Å². The van der Waals surface area contributed by atoms with Gasteiger partial charge in [0.05, 0.1) is 24.3 Å². The van der Waals surface area contributed by atoms with Gasteiger partial charge >= 0.3 is 6.09 Å². The van der Waals surface area contributed by atoms with Gasteiger partial charge in [-0.2, -0.15) is 0 Å². The van der Waals surface area contributed by atoms with E-state index in [1.54, 1.807) is 22.4 Å². The summed E-state index contributed by atoms with van der Waals surface area (Å²) in [5.74, 6) is 0. The summed E-state index contributed by atoms with van der Waals surface area (Å²) in [4.78, 5) is 21.2. The Morgan fingerprint density at radius 2 is 2.21 bits per heavy atom. The highest BCUT2D eigenvalue weighted by atomic mass is 32.1. The summed E-state index contributed by atoms with van der Waals surface area (Å²) in [6, 6.07) is 5.72. The normalized spacial score (nSPS) is 15.5. The molecule has 0 aliphatic carbocycles. The molecule has 100 valence electrons. The van der Waals surface area contributed by atoms with E-state index in [-0.39, 0.29) is 0 Å². The van der Waals surface area contributed by atoms with E-state index in [0.717, 1.165) is 10.6 Å². The van der Waals surface area contributed by atoms with Crippen LogP contribution in [0.4, 0.5) is 4.79 Å². The Balaban J connectivity index is 1.73. The Labute approximate surface area is 114 Å². The zero-order valence-electron chi connectivity index (χ0n) is 10.2. The minimum Gasteiger partial charge on any atom is -0.378 e. The van der Waals surface area contributed by atoms with Crippen molar-refractivity contribution >= 4 is 17.4 Å². The summed E-state index contributed by atoms with van der Waals surface area (Å²) in [5, 5.41) is 6.00. The molecule has 3 heterocycles. The SMILES string of the molecule is O=C(On1nccc1-c1cccs1)N1CCOCC1. The van der Waals surface area contributed by atoms with Gasteiger partial charge in [-0.1, -0.05) is 10.9 Å². The van der Waals surface area contributed by atoms with Gasteiger partial charge in [0, 0.05) is 13.1 Å². The van der Waals surface area contributed by atoms with Crippen LogP contribution in [0.5, 0.6) is 0 Å². The molecule has 0 saturated carbocycles. The molecule has 3 rings (SSSR count). The number of carbonyl (C=O) groups excluding carboxylic acids is 1. The fourth-order valence-corrected chi connectivity index (χ4v) is 2.57. The van der Waals surface area contributed by atoms with Crippen molar-refractivity contribution < 1.29 is 14.4 Å². The molecule has 0 spiro atoms. The molecule has 19 heavy (non-hydrogen) atoms. The average molecular weight is 279 g/mol. The molecular formula is C12H13N3O3S. The van der Waals surface area contributed by atoms with Gasteiger partial charge in [0.1, 0.15) is 5.69 Å². The second kappa shape index (κ2) is 5.41. The molecule has 0 bridgehead atoms. The Kier molecular flexibility index (Phi) is 3.47. The van der Waals surface area contributed by atoms with Crippen molar-refractivity contribution in [3.63, 3.8) is 0 Å². The van der Waals surface area contributed by atoms with E-state index in [9.17, 15) is 4.79 Å². The maximum absolute atomic E-state index is 12.0. The molecule has 7 heteroatoms. The zero-order chi connectivity index (χ0) is 13.1. The molecule has 0 unspecified atom stereocenters. The standard InChI is InChI=1S/C12H13N3O3S/c16-12(14-5-7-17-8-6-14)18-15-10(3-4-13-15)11-2-1-9-19-11/h1-4,9H,5-8H2. The Morgan fingerprint density at radius 1 is 1.37 bits per heavy atom. The maximum Gasteiger partial charge on any atom is 0.436 e. The van der Waals surface area contributed by atoms with Crippen LogP contribution in [0.15, 0.2) is 29.8 Å². The first-order chi connectivity index (χ1) is 9.34. The highest BCUT2D eigenvalue weighted by Crippen LogP contribution is 2.23. The van der Waals surface area contributed by atoms with Gasteiger partial charge in [0.15, 0.2) is 0 Å². The van der Waals surface area contributed by atoms with Crippen LogP contribution in [0.2, 0.25) is 0 Å². The number of morpholine rings is 1. The minimum atomic E-state index is -0.398. The van der Waals surface area contributed by atoms with Gasteiger partial charge in [0.25, 0.3) is 0 Å². The van der Waals surface area contributed by atoms with E-state index in [2.05, 4.69) is 5.10 Å². The summed E-state index contributed by atoms with van der Waals surface area (Å²) in [6.45, 7) is 2.20. The first-order valence-corrected chi connectivity index (χ1v) is 6.85. The van der Waals surface area contributed by atoms with E-state index in [1.807, 2.05) is 23.6 Å². The van der Waals surface area contributed by atoms with Gasteiger partial charge in [-0.3, -0.25) is 4.84 Å². The third-order valence-electron chi connectivity index (χ3n) is 2.82. The molecule has 1 saturated heterocycles. The van der Waals surface area contributed by atoms with Crippen molar-refractivity contribution in [2.45, 2.75) is 0 Å². The molecule has 2 aromatic rings. The third-order valence-corrected chi connectivity index (χ3v) is 3.71. The van der Waals surface area contributed by atoms with Crippen molar-refractivity contribution in [3.05, 3.63) is 29.8 Å². The minimum absolute atomic E-state index is 0.398. The molecule has 1 amide bonds. The molecule has 0 aromatic carbocycles. The summed E-state index contributed by atoms with van der Waals surface area (Å²) >= 11 is 1.57. The topological polar surface area (TPSA) is 56.6 Å². The van der Waals surface area contributed by atoms with E-state index >= 15 is 0 Å². The largest absolute Gasteiger partial charge is 0.436 e. The van der Waals surface area contributed by atoms with Crippen LogP contribution < -0.4 is 4.84 Å². The first-order valence-electron chi connectivity index (χ1n) is 5.97. The third kappa shape index (κ3) is 2.61. The summed E-state index contributed by atoms with van der Waals surface area (Å²) in [5.41, 5.74) is 0.775. The Bertz CT molecular complexity index is 546. The van der Waals surface area contributed by atoms with Gasteiger partial charge < -0.3 is 9.64 Å². The van der Waals surface area contributed by atoms with Crippen LogP contribution in [-0.4, -0.2) is 47.2 Å². The number of nitrogens with zero attached hydrogens (tertiary/aromatic N) is 3. The van der Waals surface area contributed by atoms with E-state index < -0.39 is 6.09 Å². The number of rotatable bonds is 2. The van der Waals surface area contributed by atoms with Crippen molar-refractivity contribution in [1.82, 2.24) is 14.8 Å². The second-order valence-corrected chi connectivity index (χ2v) is 4.97. The van der Waals surface area contributed by atoms with Gasteiger partial charge in [-0.05, 0) is 17.5 Å². The average Bonchev–Trinajstić information content (AvgIpc) is 3.10. The zero-order valence-corrected chi connectivity index (χ0v) is 11.0. The highest BCUT2D eigenvalue weighted by molar-refractivity contribution is 7.13. The predicted molar refractivity (Wildman–Crippen MR) is 69.9 cm³/mol. The molecule has 2 aromatic heterocycles. The summed E-state index contributed by atoms with van der Waals surface area (Å²) < 4.78 is 5.20. The highest BCUT2D eigenvalue weighted by Gasteiger charge is 2.20. The van der Waals surface area contributed by atoms with Gasteiger partial charge in [0.2, 0.25) is 0 Å². The lowest BCUT2D eigenvalue weighted by atomic mass is 10.3. The first kappa shape index (κ1) is 12.2. The lowest BCUT2D eigenvalue weighted by Gasteiger charge is -2.25. The summed E-state index contributed by atoms with van der Waals surface area (Å²) in [6.07, 6.45) is 1.21. The lowest BCUT2D eigenvalue weighted by molar-refractivity contribution is 0.0205. The number of amides is 1. The van der Waals surface area contributed by atoms with Crippen LogP contribution in [0.3, 0.4) is 0 Å². The summed E-state index contributed by atoms with van der Waals surface area (Å²) in [7, 11) is 0. The smallest absolute Gasteiger partial charge is 0.378 e. The van der Waals surface area contributed by atoms with Crippen LogP contribution >= 0.6 is 11.3 Å². The van der Waals surface area contributed by atoms with Crippen molar-refractivity contribution in [3.8, 4) is 10.6 Å². The predicted octanol–water partition coefficient (Wildman–Crippen LogP) is 1.49. The van der Waals surface area contributed by atoms with Crippen molar-refractivity contribution in [2.24, 2.45) is 0 Å². The lowest BCUT2D eigenvalue weighted by Crippen LogP contribution is -2.44. The second-order valence-electron chi connectivity index (χ2n) is 4.02. The molecule has 1 aliphatic heterocycles. The monoisotopic (exact) mass is 279 g/mol. The van der Waals surface area contributed by atoms with E-state index in [0.29, 0.717) is 26.3 Å². The molecule has 0 radical (unpaired) electrons. The fourth-order valence-electron chi connectivity index (χ4n) is 1.84. The number of carbonyl (C=O) groups is 1. The molecule has 0 atom stereocenters. The van der Waals surface area contributed by atoms with E-state index in [4.69, 9.17) is 9.57 Å². The Morgan fingerprint density at radius 3 is 2.95 bits per heavy atom. The van der Waals surface area contributed by atoms with Gasteiger partial charge in [-0.15, -0.1) is 16.4 Å². The molecule has 0 N–H and O–H groups in total. The molecule has 1 fully saturated rings. The number of ether oxygens (including phenoxy) is 1. The van der Waals surface area contributed by atoms with E-state index in [1.165, 1.54) is 4.85 Å². The van der Waals surface area contributed by atoms with Crippen LogP contribution in [0.1, 0.15) is 0 Å². The Hall–Kier alpha value is -1.86. The number of thiophene rings is 1. The molecular weight excluding hydrogens is 266 g/mol. The maximum atomic E-state index is 12.0. The number of hydrogen-bond acceptors (Lipinski definition) is 5. The van der Waals surface area contributed by atoms with Crippen LogP contribution in [0.25, 0.3) is 10.6 Å². The molecule has 6 nitrogen and oxygen atoms in total. The van der Waals surface area contributed by atoms with Crippen LogP contribution in [0, 0.1) is 0 Å². The number of aromatic nitrogens is 2. The quantitative estimate of drug-likeness (QED) is 0.836. The van der Waals surface area contributed by atoms with Crippen molar-refractivity contribution in [1.29, 1.82) is 0 Å². The van der Waals surface area contributed by atoms with Crippen molar-refractivity contribution in [2.75, 3.05) is 26.3 Å². The fraction of sp³-hybridized carbons (Fsp3) is 0.333.